The van der Waals surface area contributed by atoms with Crippen LogP contribution in [-0.4, -0.2) is 53.4 Å². The summed E-state index contributed by atoms with van der Waals surface area (Å²) >= 11 is 0. The number of piperidine rings is 1. The number of nitrogens with one attached hydrogen (secondary N) is 2. The number of likely N-dealkylation sites (tertiary alicyclic amines) is 1. The molecule has 2 aromatic rings. The second kappa shape index (κ2) is 11.5. The Kier molecular flexibility index (Phi) is 9.42. The van der Waals surface area contributed by atoms with Crippen LogP contribution in [-0.2, 0) is 6.54 Å². The predicted molar refractivity (Wildman–Crippen MR) is 132 cm³/mol. The molecule has 0 spiro atoms. The third kappa shape index (κ3) is 6.44. The number of hydrogen-bond acceptors (Lipinski definition) is 3. The van der Waals surface area contributed by atoms with Crippen LogP contribution in [0.1, 0.15) is 43.1 Å². The van der Waals surface area contributed by atoms with Gasteiger partial charge in [0.05, 0.1) is 11.4 Å². The van der Waals surface area contributed by atoms with Crippen LogP contribution in [0.2, 0.25) is 0 Å². The lowest BCUT2D eigenvalue weighted by Gasteiger charge is -2.32. The van der Waals surface area contributed by atoms with E-state index in [9.17, 15) is 0 Å². The lowest BCUT2D eigenvalue weighted by atomic mass is 10.1. The van der Waals surface area contributed by atoms with Crippen molar-refractivity contribution in [2.24, 2.45) is 4.99 Å². The number of benzene rings is 1. The highest BCUT2D eigenvalue weighted by atomic mass is 127. The largest absolute Gasteiger partial charge is 0.354 e. The first-order valence-corrected chi connectivity index (χ1v) is 10.4. The monoisotopic (exact) mass is 510 g/mol. The first-order valence-electron chi connectivity index (χ1n) is 10.4. The molecule has 1 saturated heterocycles. The molecule has 3 rings (SSSR count). The molecule has 1 fully saturated rings. The van der Waals surface area contributed by atoms with Crippen LogP contribution in [0.4, 0.5) is 0 Å². The molecule has 6 nitrogen and oxygen atoms in total. The number of rotatable bonds is 6. The fourth-order valence-electron chi connectivity index (χ4n) is 3.92. The van der Waals surface area contributed by atoms with Crippen LogP contribution in [0.15, 0.2) is 35.3 Å². The van der Waals surface area contributed by atoms with Gasteiger partial charge in [-0.3, -0.25) is 4.99 Å². The summed E-state index contributed by atoms with van der Waals surface area (Å²) in [6.45, 7) is 10.6. The Labute approximate surface area is 192 Å². The molecule has 0 aliphatic carbocycles. The molecule has 160 valence electrons. The van der Waals surface area contributed by atoms with Crippen LogP contribution < -0.4 is 10.6 Å². The van der Waals surface area contributed by atoms with Gasteiger partial charge in [-0.05, 0) is 57.4 Å². The van der Waals surface area contributed by atoms with Crippen LogP contribution >= 0.6 is 24.0 Å². The Balaban J connectivity index is 0.00000300. The maximum absolute atomic E-state index is 4.64. The Hall–Kier alpha value is -1.61. The molecular weight excluding hydrogens is 475 g/mol. The van der Waals surface area contributed by atoms with Gasteiger partial charge >= 0.3 is 0 Å². The average Bonchev–Trinajstić information content (AvgIpc) is 3.04. The van der Waals surface area contributed by atoms with Crippen molar-refractivity contribution in [3.8, 4) is 5.69 Å². The quantitative estimate of drug-likeness (QED) is 0.354. The molecule has 1 aliphatic heterocycles. The van der Waals surface area contributed by atoms with E-state index in [4.69, 9.17) is 0 Å². The molecular formula is C22H35IN6. The minimum Gasteiger partial charge on any atom is -0.354 e. The van der Waals surface area contributed by atoms with Gasteiger partial charge in [0, 0.05) is 38.4 Å². The first-order chi connectivity index (χ1) is 13.6. The van der Waals surface area contributed by atoms with Crippen molar-refractivity contribution in [1.29, 1.82) is 0 Å². The maximum atomic E-state index is 4.64. The Morgan fingerprint density at radius 2 is 1.93 bits per heavy atom. The number of aliphatic imine (C=N–C) groups is 1. The Bertz CT molecular complexity index is 792. The molecule has 1 aliphatic rings. The fraction of sp³-hybridized carbons (Fsp3) is 0.545. The Morgan fingerprint density at radius 3 is 2.55 bits per heavy atom. The maximum Gasteiger partial charge on any atom is 0.191 e. The lowest BCUT2D eigenvalue weighted by molar-refractivity contribution is 0.206. The topological polar surface area (TPSA) is 57.5 Å². The smallest absolute Gasteiger partial charge is 0.191 e. The van der Waals surface area contributed by atoms with Crippen molar-refractivity contribution < 1.29 is 0 Å². The summed E-state index contributed by atoms with van der Waals surface area (Å²) in [6.07, 6.45) is 3.57. The molecule has 0 atom stereocenters. The van der Waals surface area contributed by atoms with Gasteiger partial charge in [-0.1, -0.05) is 25.1 Å². The standard InChI is InChI=1S/C22H34N6.HI/c1-5-12-27-13-10-20(11-14-27)25-22(23-4)24-16-19-8-6-7-9-21(19)28-18(3)15-17(2)26-28;/h6-9,15,20H,5,10-14,16H2,1-4H3,(H2,23,24,25);1H. The van der Waals surface area contributed by atoms with Crippen LogP contribution in [0.5, 0.6) is 0 Å². The summed E-state index contributed by atoms with van der Waals surface area (Å²) in [5.41, 5.74) is 4.50. The van der Waals surface area contributed by atoms with Gasteiger partial charge in [-0.25, -0.2) is 4.68 Å². The van der Waals surface area contributed by atoms with E-state index in [-0.39, 0.29) is 24.0 Å². The van der Waals surface area contributed by atoms with Gasteiger partial charge in [0.25, 0.3) is 0 Å². The molecule has 1 aromatic heterocycles. The number of para-hydroxylation sites is 1. The van der Waals surface area contributed by atoms with Crippen LogP contribution in [0.3, 0.4) is 0 Å². The van der Waals surface area contributed by atoms with E-state index >= 15 is 0 Å². The van der Waals surface area contributed by atoms with E-state index < -0.39 is 0 Å². The van der Waals surface area contributed by atoms with Gasteiger partial charge < -0.3 is 15.5 Å². The second-order valence-electron chi connectivity index (χ2n) is 7.65. The van der Waals surface area contributed by atoms with Gasteiger partial charge in [-0.15, -0.1) is 24.0 Å². The van der Waals surface area contributed by atoms with Crippen molar-refractivity contribution in [2.45, 2.75) is 52.6 Å². The third-order valence-corrected chi connectivity index (χ3v) is 5.37. The average molecular weight is 510 g/mol. The van der Waals surface area contributed by atoms with Crippen LogP contribution in [0.25, 0.3) is 5.69 Å². The van der Waals surface area contributed by atoms with Gasteiger partial charge in [0.1, 0.15) is 0 Å². The predicted octanol–water partition coefficient (Wildman–Crippen LogP) is 3.65. The Morgan fingerprint density at radius 1 is 1.21 bits per heavy atom. The van der Waals surface area contributed by atoms with E-state index in [0.717, 1.165) is 23.0 Å². The van der Waals surface area contributed by atoms with E-state index in [1.807, 2.05) is 18.7 Å². The number of hydrogen-bond donors (Lipinski definition) is 2. The molecule has 29 heavy (non-hydrogen) atoms. The van der Waals surface area contributed by atoms with Crippen molar-refractivity contribution in [1.82, 2.24) is 25.3 Å². The summed E-state index contributed by atoms with van der Waals surface area (Å²) in [7, 11) is 1.84. The van der Waals surface area contributed by atoms with E-state index in [1.54, 1.807) is 0 Å². The molecule has 0 bridgehead atoms. The second-order valence-corrected chi connectivity index (χ2v) is 7.65. The zero-order valence-corrected chi connectivity index (χ0v) is 20.4. The minimum absolute atomic E-state index is 0. The summed E-state index contributed by atoms with van der Waals surface area (Å²) in [5.74, 6) is 0.872. The lowest BCUT2D eigenvalue weighted by Crippen LogP contribution is -2.48. The van der Waals surface area contributed by atoms with E-state index in [1.165, 1.54) is 44.5 Å². The highest BCUT2D eigenvalue weighted by molar-refractivity contribution is 14.0. The SMILES string of the molecule is CCCN1CCC(NC(=NC)NCc2ccccc2-n2nc(C)cc2C)CC1.I. The fourth-order valence-corrected chi connectivity index (χ4v) is 3.92. The van der Waals surface area contributed by atoms with Crippen molar-refractivity contribution >= 4 is 29.9 Å². The summed E-state index contributed by atoms with van der Waals surface area (Å²) in [6, 6.07) is 11.0. The van der Waals surface area contributed by atoms with Gasteiger partial charge in [0.15, 0.2) is 5.96 Å². The highest BCUT2D eigenvalue weighted by Crippen LogP contribution is 2.17. The molecule has 2 N–H and O–H groups in total. The molecule has 0 amide bonds. The molecule has 7 heteroatoms. The first kappa shape index (κ1) is 23.7. The van der Waals surface area contributed by atoms with Crippen molar-refractivity contribution in [3.63, 3.8) is 0 Å². The zero-order valence-electron chi connectivity index (χ0n) is 18.1. The van der Waals surface area contributed by atoms with E-state index in [0.29, 0.717) is 12.6 Å². The normalized spacial score (nSPS) is 15.8. The van der Waals surface area contributed by atoms with Crippen molar-refractivity contribution in [2.75, 3.05) is 26.7 Å². The molecule has 1 aromatic carbocycles. The third-order valence-electron chi connectivity index (χ3n) is 5.37. The van der Waals surface area contributed by atoms with Gasteiger partial charge in [0.2, 0.25) is 0 Å². The molecule has 2 heterocycles. The number of guanidine groups is 1. The van der Waals surface area contributed by atoms with Gasteiger partial charge in [-0.2, -0.15) is 5.10 Å². The number of nitrogens with zero attached hydrogens (tertiary/aromatic N) is 4. The molecule has 0 radical (unpaired) electrons. The van der Waals surface area contributed by atoms with E-state index in [2.05, 4.69) is 69.8 Å². The molecule has 0 unspecified atom stereocenters. The summed E-state index contributed by atoms with van der Waals surface area (Å²) in [5, 5.41) is 11.7. The minimum atomic E-state index is 0. The summed E-state index contributed by atoms with van der Waals surface area (Å²) in [4.78, 5) is 6.99. The number of aryl methyl sites for hydroxylation is 2. The highest BCUT2D eigenvalue weighted by Gasteiger charge is 2.19. The number of halogens is 1. The van der Waals surface area contributed by atoms with Crippen molar-refractivity contribution in [3.05, 3.63) is 47.3 Å². The zero-order chi connectivity index (χ0) is 19.9. The summed E-state index contributed by atoms with van der Waals surface area (Å²) < 4.78 is 2.02. The molecule has 0 saturated carbocycles. The van der Waals surface area contributed by atoms with Crippen LogP contribution in [0, 0.1) is 13.8 Å². The number of aromatic nitrogens is 2.